The third-order valence-electron chi connectivity index (χ3n) is 14.9. The van der Waals surface area contributed by atoms with Crippen molar-refractivity contribution in [2.24, 2.45) is 50.1 Å². The average molecular weight is 881 g/mol. The third-order valence-corrected chi connectivity index (χ3v) is 14.9. The van der Waals surface area contributed by atoms with Crippen molar-refractivity contribution in [2.75, 3.05) is 6.54 Å². The summed E-state index contributed by atoms with van der Waals surface area (Å²) in [5, 5.41) is 8.54. The Morgan fingerprint density at radius 3 is 1.78 bits per heavy atom. The fourth-order valence-corrected chi connectivity index (χ4v) is 10.6. The van der Waals surface area contributed by atoms with Gasteiger partial charge < -0.3 is 26.6 Å². The Morgan fingerprint density at radius 2 is 1.36 bits per heavy atom. The van der Waals surface area contributed by atoms with E-state index in [-0.39, 0.29) is 45.6 Å². The van der Waals surface area contributed by atoms with Crippen LogP contribution in [0.15, 0.2) is 65.7 Å². The highest BCUT2D eigenvalue weighted by Crippen LogP contribution is 2.88. The number of ketones is 3. The second-order valence-electron chi connectivity index (χ2n) is 20.7. The lowest BCUT2D eigenvalue weighted by Gasteiger charge is -2.36. The van der Waals surface area contributed by atoms with Crippen LogP contribution in [-0.4, -0.2) is 88.8 Å². The number of isocyanates is 1. The second kappa shape index (κ2) is 19.7. The SMILES string of the molecule is CC(C)[C@H](N=C=O)C(=O)c1ccccc1.CC(C)[C@H](NC(=O)N[C@H](C(=O)N1CC2(C[C@H]1C(=O)NC(CC1CCC1)C(=O)C(N)=O)C(C)(C)C21CCC1)C(C)(C)C)C(=O)c1ccccc1. The molecule has 4 aliphatic rings. The van der Waals surface area contributed by atoms with Gasteiger partial charge in [-0.05, 0) is 59.7 Å². The van der Waals surface area contributed by atoms with Crippen LogP contribution >= 0.6 is 0 Å². The van der Waals surface area contributed by atoms with Crippen LogP contribution in [-0.2, 0) is 24.0 Å². The Hall–Kier alpha value is -5.49. The van der Waals surface area contributed by atoms with Crippen LogP contribution in [0.1, 0.15) is 134 Å². The van der Waals surface area contributed by atoms with Gasteiger partial charge in [0.1, 0.15) is 18.1 Å². The number of fused-ring (bicyclic) bond motifs is 1. The summed E-state index contributed by atoms with van der Waals surface area (Å²) in [6.45, 7) is 17.7. The molecule has 6 atom stereocenters. The molecular formula is C50H68N6O8. The van der Waals surface area contributed by atoms with Crippen molar-refractivity contribution in [3.63, 3.8) is 0 Å². The van der Waals surface area contributed by atoms with E-state index in [1.807, 2.05) is 60.6 Å². The molecule has 6 rings (SSSR count). The number of carbonyl (C=O) groups excluding carboxylic acids is 8. The quantitative estimate of drug-likeness (QED) is 0.0643. The molecule has 1 aliphatic heterocycles. The number of likely N-dealkylation sites (tertiary alicyclic amines) is 1. The van der Waals surface area contributed by atoms with Gasteiger partial charge in [0.2, 0.25) is 23.7 Å². The molecule has 3 aliphatic carbocycles. The number of nitrogens with two attached hydrogens (primary N) is 1. The van der Waals surface area contributed by atoms with Crippen LogP contribution in [0.4, 0.5) is 4.79 Å². The zero-order valence-electron chi connectivity index (χ0n) is 39.0. The van der Waals surface area contributed by atoms with Gasteiger partial charge in [-0.3, -0.25) is 28.8 Å². The van der Waals surface area contributed by atoms with E-state index in [9.17, 15) is 38.4 Å². The van der Waals surface area contributed by atoms with Crippen molar-refractivity contribution in [1.29, 1.82) is 0 Å². The van der Waals surface area contributed by atoms with Crippen LogP contribution in [0.25, 0.3) is 0 Å². The first-order valence-electron chi connectivity index (χ1n) is 22.8. The number of primary amides is 1. The van der Waals surface area contributed by atoms with E-state index >= 15 is 0 Å². The molecule has 4 fully saturated rings. The standard InChI is InChI=1S/C38H55N5O6.C12H13NO2/c1-22(2)27(28(44)24-15-9-8-10-16-24)41-34(49)42-30(35(3,4)5)33(48)43-21-38(36(6,7)37(38)17-12-18-37)20-26(43)32(47)40-25(29(45)31(39)46)19-23-13-11-14-23;1-9(2)11(13-8-14)12(15)10-6-4-3-5-7-10/h8-10,15-16,22-23,25-27,30H,11-14,17-21H2,1-7H3,(H2,39,46)(H,40,47)(H2,41,42,49);3-7,9,11H,1-2H3/t25?,26-,27-,30+,38?;11-/m00/s1. The number of benzene rings is 2. The summed E-state index contributed by atoms with van der Waals surface area (Å²) in [5.74, 6) is -3.16. The van der Waals surface area contributed by atoms with E-state index in [4.69, 9.17) is 5.73 Å². The highest BCUT2D eigenvalue weighted by Gasteiger charge is 2.85. The van der Waals surface area contributed by atoms with E-state index in [1.165, 1.54) is 6.08 Å². The molecule has 0 radical (unpaired) electrons. The van der Waals surface area contributed by atoms with Crippen LogP contribution in [0.5, 0.6) is 0 Å². The molecular weight excluding hydrogens is 813 g/mol. The highest BCUT2D eigenvalue weighted by molar-refractivity contribution is 6.37. The monoisotopic (exact) mass is 881 g/mol. The number of nitrogens with one attached hydrogen (secondary N) is 3. The maximum atomic E-state index is 14.7. The first kappa shape index (κ1) is 49.5. The first-order chi connectivity index (χ1) is 30.0. The topological polar surface area (TPSA) is 214 Å². The van der Waals surface area contributed by atoms with Crippen LogP contribution in [0, 0.1) is 39.4 Å². The molecule has 14 heteroatoms. The van der Waals surface area contributed by atoms with Crippen molar-refractivity contribution >= 4 is 47.2 Å². The average Bonchev–Trinajstić information content (AvgIpc) is 3.41. The predicted molar refractivity (Wildman–Crippen MR) is 243 cm³/mol. The summed E-state index contributed by atoms with van der Waals surface area (Å²) in [4.78, 5) is 108. The van der Waals surface area contributed by atoms with Gasteiger partial charge in [-0.2, -0.15) is 4.99 Å². The van der Waals surface area contributed by atoms with E-state index in [2.05, 4.69) is 34.8 Å². The van der Waals surface area contributed by atoms with Crippen LogP contribution in [0.2, 0.25) is 0 Å². The van der Waals surface area contributed by atoms with E-state index < -0.39 is 65.2 Å². The summed E-state index contributed by atoms with van der Waals surface area (Å²) >= 11 is 0. The molecule has 2 unspecified atom stereocenters. The Labute approximate surface area is 377 Å². The van der Waals surface area contributed by atoms with Gasteiger partial charge in [0.15, 0.2) is 11.6 Å². The van der Waals surface area contributed by atoms with Crippen LogP contribution < -0.4 is 21.7 Å². The molecule has 1 heterocycles. The zero-order valence-corrected chi connectivity index (χ0v) is 39.0. The molecule has 2 aromatic rings. The number of Topliss-reactive ketones (excluding diaryl/α,β-unsaturated/α-hetero) is 3. The van der Waals surface area contributed by atoms with Gasteiger partial charge in [0, 0.05) is 23.1 Å². The Balaban J connectivity index is 0.000000435. The Bertz CT molecular complexity index is 2120. The van der Waals surface area contributed by atoms with Gasteiger partial charge in [-0.25, -0.2) is 9.59 Å². The molecule has 5 N–H and O–H groups in total. The zero-order chi connectivity index (χ0) is 47.4. The smallest absolute Gasteiger partial charge is 0.316 e. The number of carbonyl (C=O) groups is 7. The molecule has 1 saturated heterocycles. The Morgan fingerprint density at radius 1 is 0.797 bits per heavy atom. The number of hydrogen-bond donors (Lipinski definition) is 4. The highest BCUT2D eigenvalue weighted by atomic mass is 16.2. The van der Waals surface area contributed by atoms with E-state index in [0.717, 1.165) is 38.5 Å². The second-order valence-corrected chi connectivity index (χ2v) is 20.7. The summed E-state index contributed by atoms with van der Waals surface area (Å²) in [5.41, 5.74) is 5.31. The molecule has 3 saturated carbocycles. The van der Waals surface area contributed by atoms with Gasteiger partial charge in [-0.15, -0.1) is 0 Å². The fourth-order valence-electron chi connectivity index (χ4n) is 10.6. The summed E-state index contributed by atoms with van der Waals surface area (Å²) in [7, 11) is 0. The number of amides is 5. The van der Waals surface area contributed by atoms with Crippen molar-refractivity contribution in [3.8, 4) is 0 Å². The lowest BCUT2D eigenvalue weighted by molar-refractivity contribution is -0.143. The van der Waals surface area contributed by atoms with Gasteiger partial charge >= 0.3 is 6.03 Å². The number of urea groups is 1. The minimum atomic E-state index is -1.09. The number of hydrogen-bond acceptors (Lipinski definition) is 9. The van der Waals surface area contributed by atoms with Crippen LogP contribution in [0.3, 0.4) is 0 Å². The summed E-state index contributed by atoms with van der Waals surface area (Å²) in [6, 6.07) is 12.5. The predicted octanol–water partition coefficient (Wildman–Crippen LogP) is 6.36. The molecule has 2 spiro atoms. The van der Waals surface area contributed by atoms with E-state index in [1.54, 1.807) is 53.4 Å². The molecule has 0 aromatic heterocycles. The molecule has 14 nitrogen and oxygen atoms in total. The maximum absolute atomic E-state index is 14.7. The molecule has 346 valence electrons. The van der Waals surface area contributed by atoms with Crippen molar-refractivity contribution < 1.29 is 38.4 Å². The van der Waals surface area contributed by atoms with Crippen molar-refractivity contribution in [3.05, 3.63) is 71.8 Å². The van der Waals surface area contributed by atoms with Gasteiger partial charge in [0.05, 0.1) is 12.1 Å². The number of nitrogens with zero attached hydrogens (tertiary/aromatic N) is 2. The molecule has 64 heavy (non-hydrogen) atoms. The maximum Gasteiger partial charge on any atom is 0.316 e. The van der Waals surface area contributed by atoms with Gasteiger partial charge in [-0.1, -0.05) is 149 Å². The fraction of sp³-hybridized carbons (Fsp3) is 0.600. The minimum Gasteiger partial charge on any atom is -0.363 e. The largest absolute Gasteiger partial charge is 0.363 e. The summed E-state index contributed by atoms with van der Waals surface area (Å²) in [6.07, 6.45) is 8.24. The number of rotatable bonds is 16. The third kappa shape index (κ3) is 9.92. The Kier molecular flexibility index (Phi) is 15.3. The summed E-state index contributed by atoms with van der Waals surface area (Å²) < 4.78 is 0. The van der Waals surface area contributed by atoms with Crippen molar-refractivity contribution in [1.82, 2.24) is 20.9 Å². The first-order valence-corrected chi connectivity index (χ1v) is 22.8. The number of aliphatic imine (C=N–C) groups is 1. The molecule has 2 aromatic carbocycles. The minimum absolute atomic E-state index is 0.000781. The lowest BCUT2D eigenvalue weighted by atomic mass is 9.73. The van der Waals surface area contributed by atoms with Crippen molar-refractivity contribution in [2.45, 2.75) is 144 Å². The molecule has 5 amide bonds. The lowest BCUT2D eigenvalue weighted by Crippen LogP contribution is -2.61. The van der Waals surface area contributed by atoms with E-state index in [0.29, 0.717) is 30.5 Å². The normalized spacial score (nSPS) is 22.3. The van der Waals surface area contributed by atoms with Gasteiger partial charge in [0.25, 0.3) is 5.91 Å². The molecule has 0 bridgehead atoms.